The molecule has 2 heterocycles. The number of benzene rings is 2. The second-order valence-corrected chi connectivity index (χ2v) is 6.93. The minimum atomic E-state index is -0.344. The fraction of sp³-hybridized carbons (Fsp3) is 0.143. The highest BCUT2D eigenvalue weighted by atomic mass is 35.5. The number of nitrogens with zero attached hydrogens (tertiary/aromatic N) is 4. The number of hydrogen-bond acceptors (Lipinski definition) is 4. The van der Waals surface area contributed by atoms with Gasteiger partial charge in [0.25, 0.3) is 5.91 Å². The molecule has 4 rings (SSSR count). The van der Waals surface area contributed by atoms with E-state index in [1.807, 2.05) is 11.6 Å². The van der Waals surface area contributed by atoms with Gasteiger partial charge in [0.05, 0.1) is 17.4 Å². The van der Waals surface area contributed by atoms with Crippen molar-refractivity contribution in [2.45, 2.75) is 6.42 Å². The van der Waals surface area contributed by atoms with Gasteiger partial charge in [-0.25, -0.2) is 19.3 Å². The summed E-state index contributed by atoms with van der Waals surface area (Å²) >= 11 is 6.26. The first-order valence-corrected chi connectivity index (χ1v) is 9.36. The van der Waals surface area contributed by atoms with Crippen LogP contribution in [0.25, 0.3) is 22.3 Å². The first-order valence-electron chi connectivity index (χ1n) is 8.98. The Labute approximate surface area is 171 Å². The molecule has 8 heteroatoms. The number of carbonyl (C=O) groups is 1. The molecule has 29 heavy (non-hydrogen) atoms. The van der Waals surface area contributed by atoms with Gasteiger partial charge in [0.1, 0.15) is 11.5 Å². The Kier molecular flexibility index (Phi) is 5.22. The molecule has 6 nitrogen and oxygen atoms in total. The van der Waals surface area contributed by atoms with Crippen LogP contribution in [0.5, 0.6) is 0 Å². The summed E-state index contributed by atoms with van der Waals surface area (Å²) in [6.45, 7) is 0.490. The predicted molar refractivity (Wildman–Crippen MR) is 109 cm³/mol. The molecule has 2 aromatic carbocycles. The predicted octanol–water partition coefficient (Wildman–Crippen LogP) is 3.80. The molecular weight excluding hydrogens is 393 g/mol. The van der Waals surface area contributed by atoms with Crippen molar-refractivity contribution in [1.29, 1.82) is 0 Å². The molecule has 0 unspecified atom stereocenters. The van der Waals surface area contributed by atoms with Crippen molar-refractivity contribution in [2.24, 2.45) is 7.05 Å². The zero-order valence-electron chi connectivity index (χ0n) is 15.6. The molecular formula is C21H17ClFN5O. The third-order valence-electron chi connectivity index (χ3n) is 4.58. The number of hydrogen-bond donors (Lipinski definition) is 1. The molecule has 1 N–H and O–H groups in total. The van der Waals surface area contributed by atoms with E-state index in [4.69, 9.17) is 11.6 Å². The molecule has 0 radical (unpaired) electrons. The average Bonchev–Trinajstić information content (AvgIpc) is 3.12. The van der Waals surface area contributed by atoms with Gasteiger partial charge >= 0.3 is 0 Å². The lowest BCUT2D eigenvalue weighted by Gasteiger charge is -2.08. The van der Waals surface area contributed by atoms with Crippen LogP contribution in [0.4, 0.5) is 4.39 Å². The van der Waals surface area contributed by atoms with Crippen LogP contribution in [0.1, 0.15) is 16.1 Å². The van der Waals surface area contributed by atoms with Crippen molar-refractivity contribution in [3.8, 4) is 11.3 Å². The third kappa shape index (κ3) is 4.09. The summed E-state index contributed by atoms with van der Waals surface area (Å²) in [5.41, 5.74) is 3.71. The summed E-state index contributed by atoms with van der Waals surface area (Å²) in [4.78, 5) is 25.5. The van der Waals surface area contributed by atoms with E-state index in [0.717, 1.165) is 5.69 Å². The highest BCUT2D eigenvalue weighted by Crippen LogP contribution is 2.27. The van der Waals surface area contributed by atoms with E-state index in [0.29, 0.717) is 40.8 Å². The van der Waals surface area contributed by atoms with E-state index in [2.05, 4.69) is 20.3 Å². The summed E-state index contributed by atoms with van der Waals surface area (Å²) < 4.78 is 15.1. The van der Waals surface area contributed by atoms with Crippen molar-refractivity contribution in [3.05, 3.63) is 77.2 Å². The number of halogens is 2. The summed E-state index contributed by atoms with van der Waals surface area (Å²) in [7, 11) is 1.91. The molecule has 0 aliphatic carbocycles. The van der Waals surface area contributed by atoms with Crippen LogP contribution in [0.15, 0.2) is 55.0 Å². The van der Waals surface area contributed by atoms with Crippen molar-refractivity contribution < 1.29 is 9.18 Å². The Morgan fingerprint density at radius 2 is 1.93 bits per heavy atom. The number of nitrogens with one attached hydrogen (secondary N) is 1. The van der Waals surface area contributed by atoms with Gasteiger partial charge in [-0.05, 0) is 42.5 Å². The molecule has 0 spiro atoms. The van der Waals surface area contributed by atoms with Crippen LogP contribution in [-0.4, -0.2) is 32.0 Å². The first-order chi connectivity index (χ1) is 14.0. The van der Waals surface area contributed by atoms with Crippen molar-refractivity contribution >= 4 is 28.5 Å². The molecule has 0 aliphatic rings. The molecule has 2 aromatic heterocycles. The van der Waals surface area contributed by atoms with Crippen molar-refractivity contribution in [3.63, 3.8) is 0 Å². The van der Waals surface area contributed by atoms with Crippen molar-refractivity contribution in [2.75, 3.05) is 6.54 Å². The van der Waals surface area contributed by atoms with E-state index in [9.17, 15) is 9.18 Å². The topological polar surface area (TPSA) is 72.7 Å². The second-order valence-electron chi connectivity index (χ2n) is 6.58. The summed E-state index contributed by atoms with van der Waals surface area (Å²) in [6.07, 6.45) is 4.18. The number of amides is 1. The van der Waals surface area contributed by atoms with Crippen LogP contribution in [0.3, 0.4) is 0 Å². The van der Waals surface area contributed by atoms with Gasteiger partial charge in [0, 0.05) is 43.0 Å². The van der Waals surface area contributed by atoms with Crippen LogP contribution >= 0.6 is 11.6 Å². The quantitative estimate of drug-likeness (QED) is 0.544. The van der Waals surface area contributed by atoms with Gasteiger partial charge in [-0.3, -0.25) is 4.79 Å². The first kappa shape index (κ1) is 19.0. The van der Waals surface area contributed by atoms with Gasteiger partial charge < -0.3 is 9.88 Å². The van der Waals surface area contributed by atoms with Crippen LogP contribution in [-0.2, 0) is 13.5 Å². The molecule has 0 atom stereocenters. The maximum atomic E-state index is 13.2. The lowest BCUT2D eigenvalue weighted by Crippen LogP contribution is -2.26. The number of carbonyl (C=O) groups excluding carboxylic acids is 1. The number of aryl methyl sites for hydroxylation is 1. The molecule has 0 fully saturated rings. The molecule has 0 saturated heterocycles. The highest BCUT2D eigenvalue weighted by molar-refractivity contribution is 6.32. The monoisotopic (exact) mass is 409 g/mol. The Morgan fingerprint density at radius 1 is 1.14 bits per heavy atom. The van der Waals surface area contributed by atoms with E-state index in [1.54, 1.807) is 42.9 Å². The molecule has 1 amide bonds. The summed E-state index contributed by atoms with van der Waals surface area (Å²) in [5.74, 6) is -0.544. The van der Waals surface area contributed by atoms with Crippen LogP contribution < -0.4 is 5.32 Å². The van der Waals surface area contributed by atoms with E-state index in [-0.39, 0.29) is 16.9 Å². The number of rotatable bonds is 5. The number of aromatic nitrogens is 4. The van der Waals surface area contributed by atoms with Gasteiger partial charge in [0.15, 0.2) is 5.15 Å². The molecule has 4 aromatic rings. The fourth-order valence-electron chi connectivity index (χ4n) is 3.00. The molecule has 0 saturated carbocycles. The smallest absolute Gasteiger partial charge is 0.251 e. The van der Waals surface area contributed by atoms with Gasteiger partial charge in [0.2, 0.25) is 0 Å². The normalized spacial score (nSPS) is 11.0. The molecule has 146 valence electrons. The summed E-state index contributed by atoms with van der Waals surface area (Å²) in [6, 6.07) is 10.9. The lowest BCUT2D eigenvalue weighted by molar-refractivity contribution is 0.0954. The minimum absolute atomic E-state index is 0.200. The Hall–Kier alpha value is -3.32. The van der Waals surface area contributed by atoms with E-state index < -0.39 is 0 Å². The Morgan fingerprint density at radius 3 is 2.66 bits per heavy atom. The minimum Gasteiger partial charge on any atom is -0.352 e. The number of fused-ring (bicyclic) bond motifs is 1. The zero-order valence-corrected chi connectivity index (χ0v) is 16.3. The highest BCUT2D eigenvalue weighted by Gasteiger charge is 2.12. The van der Waals surface area contributed by atoms with E-state index >= 15 is 0 Å². The zero-order chi connectivity index (χ0) is 20.4. The lowest BCUT2D eigenvalue weighted by atomic mass is 10.1. The standard InChI is InChI=1S/C21H17ClFN5O/c1-28-12-24-11-16(28)8-9-25-21(29)14-4-7-17-18(10-14)26-19(20(22)27-17)13-2-5-15(23)6-3-13/h2-7,10-12H,8-9H2,1H3,(H,25,29). The maximum absolute atomic E-state index is 13.2. The number of imidazole rings is 1. The van der Waals surface area contributed by atoms with E-state index in [1.165, 1.54) is 12.1 Å². The van der Waals surface area contributed by atoms with Crippen LogP contribution in [0.2, 0.25) is 5.15 Å². The van der Waals surface area contributed by atoms with Gasteiger partial charge in [-0.1, -0.05) is 11.6 Å². The largest absolute Gasteiger partial charge is 0.352 e. The average molecular weight is 410 g/mol. The Bertz CT molecular complexity index is 1190. The second kappa shape index (κ2) is 7.97. The fourth-order valence-corrected chi connectivity index (χ4v) is 3.24. The Balaban J connectivity index is 1.56. The molecule has 0 aliphatic heterocycles. The molecule has 0 bridgehead atoms. The van der Waals surface area contributed by atoms with Gasteiger partial charge in [-0.15, -0.1) is 0 Å². The van der Waals surface area contributed by atoms with Crippen LogP contribution in [0, 0.1) is 5.82 Å². The SMILES string of the molecule is Cn1cncc1CCNC(=O)c1ccc2nc(Cl)c(-c3ccc(F)cc3)nc2c1. The maximum Gasteiger partial charge on any atom is 0.251 e. The third-order valence-corrected chi connectivity index (χ3v) is 4.85. The van der Waals surface area contributed by atoms with Crippen molar-refractivity contribution in [1.82, 2.24) is 24.8 Å². The van der Waals surface area contributed by atoms with Gasteiger partial charge in [-0.2, -0.15) is 0 Å². The summed E-state index contributed by atoms with van der Waals surface area (Å²) in [5, 5.41) is 3.12.